The molecule has 0 N–H and O–H groups in total. The highest BCUT2D eigenvalue weighted by molar-refractivity contribution is 6.00. The summed E-state index contributed by atoms with van der Waals surface area (Å²) in [6, 6.07) is 10.4. The van der Waals surface area contributed by atoms with Crippen molar-refractivity contribution in [1.82, 2.24) is 0 Å². The van der Waals surface area contributed by atoms with Crippen molar-refractivity contribution < 1.29 is 0 Å². The fourth-order valence-corrected chi connectivity index (χ4v) is 1.44. The van der Waals surface area contributed by atoms with Gasteiger partial charge in [0.2, 0.25) is 0 Å². The molecule has 1 rings (SSSR count). The summed E-state index contributed by atoms with van der Waals surface area (Å²) in [4.78, 5) is 4.36. The van der Waals surface area contributed by atoms with Crippen LogP contribution in [-0.4, -0.2) is 12.8 Å². The second kappa shape index (κ2) is 4.41. The molecule has 0 fully saturated rings. The third kappa shape index (κ3) is 3.33. The fourth-order valence-electron chi connectivity index (χ4n) is 1.44. The maximum Gasteiger partial charge on any atom is 0.0422 e. The second-order valence-electron chi connectivity index (χ2n) is 4.77. The highest BCUT2D eigenvalue weighted by atomic mass is 14.7. The van der Waals surface area contributed by atoms with Crippen molar-refractivity contribution in [3.05, 3.63) is 35.9 Å². The smallest absolute Gasteiger partial charge is 0.0422 e. The van der Waals surface area contributed by atoms with Crippen LogP contribution in [0.25, 0.3) is 0 Å². The van der Waals surface area contributed by atoms with Gasteiger partial charge in [-0.3, -0.25) is 4.99 Å². The van der Waals surface area contributed by atoms with Gasteiger partial charge in [-0.15, -0.1) is 0 Å². The summed E-state index contributed by atoms with van der Waals surface area (Å²) in [7, 11) is 1.87. The standard InChI is InChI=1S/C13H19N/c1-13(2,3)10-12(14-4)11-8-6-5-7-9-11/h5-9H,10H2,1-4H3/b14-12+. The Morgan fingerprint density at radius 3 is 2.14 bits per heavy atom. The molecule has 1 aromatic carbocycles. The van der Waals surface area contributed by atoms with Gasteiger partial charge in [-0.1, -0.05) is 51.1 Å². The van der Waals surface area contributed by atoms with Crippen LogP contribution in [0.3, 0.4) is 0 Å². The van der Waals surface area contributed by atoms with E-state index in [1.54, 1.807) is 0 Å². The topological polar surface area (TPSA) is 12.4 Å². The maximum atomic E-state index is 4.36. The first kappa shape index (κ1) is 11.0. The zero-order chi connectivity index (χ0) is 10.6. The molecule has 0 aromatic heterocycles. The van der Waals surface area contributed by atoms with Crippen LogP contribution >= 0.6 is 0 Å². The predicted octanol–water partition coefficient (Wildman–Crippen LogP) is 3.54. The molecule has 0 aliphatic heterocycles. The van der Waals surface area contributed by atoms with Crippen LogP contribution in [0.2, 0.25) is 0 Å². The second-order valence-corrected chi connectivity index (χ2v) is 4.77. The zero-order valence-electron chi connectivity index (χ0n) is 9.54. The van der Waals surface area contributed by atoms with Crippen LogP contribution in [0.1, 0.15) is 32.8 Å². The molecule has 0 saturated carbocycles. The molecule has 1 aromatic rings. The van der Waals surface area contributed by atoms with Gasteiger partial charge in [-0.05, 0) is 17.4 Å². The van der Waals surface area contributed by atoms with Crippen LogP contribution in [0.4, 0.5) is 0 Å². The quantitative estimate of drug-likeness (QED) is 0.631. The van der Waals surface area contributed by atoms with Gasteiger partial charge >= 0.3 is 0 Å². The monoisotopic (exact) mass is 189 g/mol. The normalized spacial score (nSPS) is 13.0. The van der Waals surface area contributed by atoms with Gasteiger partial charge in [-0.2, -0.15) is 0 Å². The van der Waals surface area contributed by atoms with Crippen molar-refractivity contribution in [3.63, 3.8) is 0 Å². The van der Waals surface area contributed by atoms with E-state index in [1.165, 1.54) is 11.3 Å². The highest BCUT2D eigenvalue weighted by Crippen LogP contribution is 2.21. The summed E-state index contributed by atoms with van der Waals surface area (Å²) in [5.74, 6) is 0. The van der Waals surface area contributed by atoms with Crippen LogP contribution in [0, 0.1) is 5.41 Å². The fraction of sp³-hybridized carbons (Fsp3) is 0.462. The molecule has 0 atom stereocenters. The largest absolute Gasteiger partial charge is 0.292 e. The Labute approximate surface area is 86.9 Å². The number of hydrogen-bond acceptors (Lipinski definition) is 1. The Morgan fingerprint density at radius 2 is 1.71 bits per heavy atom. The Kier molecular flexibility index (Phi) is 3.45. The molecule has 0 radical (unpaired) electrons. The molecule has 76 valence electrons. The van der Waals surface area contributed by atoms with Crippen LogP contribution < -0.4 is 0 Å². The summed E-state index contributed by atoms with van der Waals surface area (Å²) >= 11 is 0. The predicted molar refractivity (Wildman–Crippen MR) is 63.0 cm³/mol. The Hall–Kier alpha value is -1.11. The zero-order valence-corrected chi connectivity index (χ0v) is 9.54. The Balaban J connectivity index is 2.85. The molecule has 0 aliphatic rings. The van der Waals surface area contributed by atoms with Crippen LogP contribution in [-0.2, 0) is 0 Å². The molecular weight excluding hydrogens is 170 g/mol. The van der Waals surface area contributed by atoms with Crippen LogP contribution in [0.15, 0.2) is 35.3 Å². The lowest BCUT2D eigenvalue weighted by atomic mass is 9.87. The van der Waals surface area contributed by atoms with Crippen molar-refractivity contribution in [1.29, 1.82) is 0 Å². The summed E-state index contributed by atoms with van der Waals surface area (Å²) < 4.78 is 0. The molecule has 0 spiro atoms. The van der Waals surface area contributed by atoms with E-state index in [0.717, 1.165) is 6.42 Å². The molecule has 0 aliphatic carbocycles. The Morgan fingerprint density at radius 1 is 1.14 bits per heavy atom. The van der Waals surface area contributed by atoms with Gasteiger partial charge in [0.15, 0.2) is 0 Å². The molecule has 0 bridgehead atoms. The molecule has 14 heavy (non-hydrogen) atoms. The third-order valence-electron chi connectivity index (χ3n) is 2.07. The summed E-state index contributed by atoms with van der Waals surface area (Å²) in [6.45, 7) is 6.71. The maximum absolute atomic E-state index is 4.36. The summed E-state index contributed by atoms with van der Waals surface area (Å²) in [5.41, 5.74) is 2.73. The lowest BCUT2D eigenvalue weighted by molar-refractivity contribution is 0.434. The molecule has 1 nitrogen and oxygen atoms in total. The van der Waals surface area contributed by atoms with Gasteiger partial charge in [0, 0.05) is 12.8 Å². The average Bonchev–Trinajstić information content (AvgIpc) is 2.14. The van der Waals surface area contributed by atoms with Crippen molar-refractivity contribution in [2.45, 2.75) is 27.2 Å². The van der Waals surface area contributed by atoms with Crippen molar-refractivity contribution in [3.8, 4) is 0 Å². The number of benzene rings is 1. The van der Waals surface area contributed by atoms with Gasteiger partial charge in [-0.25, -0.2) is 0 Å². The molecular formula is C13H19N. The van der Waals surface area contributed by atoms with E-state index < -0.39 is 0 Å². The lowest BCUT2D eigenvalue weighted by Crippen LogP contribution is -2.13. The van der Waals surface area contributed by atoms with Gasteiger partial charge in [0.1, 0.15) is 0 Å². The number of hydrogen-bond donors (Lipinski definition) is 0. The van der Waals surface area contributed by atoms with Crippen molar-refractivity contribution >= 4 is 5.71 Å². The Bertz CT molecular complexity index is 304. The van der Waals surface area contributed by atoms with E-state index in [4.69, 9.17) is 0 Å². The van der Waals surface area contributed by atoms with E-state index in [2.05, 4.69) is 50.0 Å². The van der Waals surface area contributed by atoms with Crippen molar-refractivity contribution in [2.75, 3.05) is 7.05 Å². The molecule has 1 heteroatoms. The first-order valence-corrected chi connectivity index (χ1v) is 5.04. The summed E-state index contributed by atoms with van der Waals surface area (Å²) in [5, 5.41) is 0. The first-order chi connectivity index (χ1) is 6.53. The minimum absolute atomic E-state index is 0.296. The van der Waals surface area contributed by atoms with E-state index in [9.17, 15) is 0 Å². The first-order valence-electron chi connectivity index (χ1n) is 5.04. The van der Waals surface area contributed by atoms with Crippen LogP contribution in [0.5, 0.6) is 0 Å². The molecule has 0 saturated heterocycles. The van der Waals surface area contributed by atoms with Gasteiger partial charge < -0.3 is 0 Å². The number of nitrogens with zero attached hydrogens (tertiary/aromatic N) is 1. The minimum Gasteiger partial charge on any atom is -0.292 e. The van der Waals surface area contributed by atoms with Gasteiger partial charge in [0.25, 0.3) is 0 Å². The van der Waals surface area contributed by atoms with E-state index >= 15 is 0 Å². The minimum atomic E-state index is 0.296. The van der Waals surface area contributed by atoms with E-state index in [0.29, 0.717) is 5.41 Å². The lowest BCUT2D eigenvalue weighted by Gasteiger charge is -2.19. The highest BCUT2D eigenvalue weighted by Gasteiger charge is 2.14. The average molecular weight is 189 g/mol. The van der Waals surface area contributed by atoms with E-state index in [-0.39, 0.29) is 0 Å². The van der Waals surface area contributed by atoms with Crippen molar-refractivity contribution in [2.24, 2.45) is 10.4 Å². The number of aliphatic imine (C=N–C) groups is 1. The summed E-state index contributed by atoms with van der Waals surface area (Å²) in [6.07, 6.45) is 1.02. The molecule has 0 unspecified atom stereocenters. The molecule has 0 heterocycles. The van der Waals surface area contributed by atoms with E-state index in [1.807, 2.05) is 13.1 Å². The number of rotatable bonds is 2. The van der Waals surface area contributed by atoms with Gasteiger partial charge in [0.05, 0.1) is 0 Å². The SMILES string of the molecule is C/N=C(\CC(C)(C)C)c1ccccc1. The third-order valence-corrected chi connectivity index (χ3v) is 2.07. The molecule has 0 amide bonds.